The van der Waals surface area contributed by atoms with E-state index in [0.29, 0.717) is 17.7 Å². The summed E-state index contributed by atoms with van der Waals surface area (Å²) in [4.78, 5) is 25.1. The Morgan fingerprint density at radius 1 is 1.24 bits per heavy atom. The molecule has 1 saturated heterocycles. The topological polar surface area (TPSA) is 72.4 Å². The van der Waals surface area contributed by atoms with Crippen LogP contribution in [0.5, 0.6) is 0 Å². The molecule has 2 N–H and O–H groups in total. The fraction of sp³-hybridized carbons (Fsp3) is 0.280. The number of amides is 2. The molecule has 1 atom stereocenters. The number of carbonyl (C=O) groups is 2. The number of halogens is 3. The van der Waals surface area contributed by atoms with Crippen LogP contribution in [-0.2, 0) is 27.0 Å². The molecule has 0 saturated carbocycles. The molecule has 2 aliphatic heterocycles. The Labute approximate surface area is 193 Å². The molecule has 2 aliphatic rings. The summed E-state index contributed by atoms with van der Waals surface area (Å²) in [6.45, 7) is 1.27. The van der Waals surface area contributed by atoms with Crippen LogP contribution in [0.25, 0.3) is 22.6 Å². The van der Waals surface area contributed by atoms with Crippen molar-refractivity contribution < 1.29 is 27.5 Å². The first-order valence-electron chi connectivity index (χ1n) is 11.0. The molecule has 2 aromatic carbocycles. The summed E-state index contributed by atoms with van der Waals surface area (Å²) in [7, 11) is 0. The number of aromatic nitrogens is 1. The van der Waals surface area contributed by atoms with Crippen LogP contribution >= 0.6 is 0 Å². The van der Waals surface area contributed by atoms with E-state index >= 15 is 0 Å². The quantitative estimate of drug-likeness (QED) is 0.543. The van der Waals surface area contributed by atoms with Gasteiger partial charge in [0, 0.05) is 52.6 Å². The van der Waals surface area contributed by atoms with Gasteiger partial charge in [0.2, 0.25) is 5.91 Å². The fourth-order valence-electron chi connectivity index (χ4n) is 4.43. The summed E-state index contributed by atoms with van der Waals surface area (Å²) in [5.74, 6) is -0.625. The van der Waals surface area contributed by atoms with E-state index in [2.05, 4.69) is 10.6 Å². The van der Waals surface area contributed by atoms with Gasteiger partial charge < -0.3 is 19.9 Å². The average molecular weight is 469 g/mol. The Morgan fingerprint density at radius 2 is 2.06 bits per heavy atom. The molecule has 9 heteroatoms. The second kappa shape index (κ2) is 8.64. The van der Waals surface area contributed by atoms with Gasteiger partial charge in [-0.3, -0.25) is 9.59 Å². The predicted molar refractivity (Wildman–Crippen MR) is 122 cm³/mol. The first-order chi connectivity index (χ1) is 16.3. The number of benzene rings is 2. The minimum Gasteiger partial charge on any atom is -0.376 e. The van der Waals surface area contributed by atoms with Crippen molar-refractivity contribution in [2.24, 2.45) is 0 Å². The van der Waals surface area contributed by atoms with Crippen molar-refractivity contribution in [3.63, 3.8) is 0 Å². The lowest BCUT2D eigenvalue weighted by Gasteiger charge is -2.11. The molecule has 3 aromatic rings. The summed E-state index contributed by atoms with van der Waals surface area (Å²) in [6, 6.07) is 10.7. The molecule has 6 nitrogen and oxygen atoms in total. The molecule has 1 aromatic heterocycles. The van der Waals surface area contributed by atoms with Crippen LogP contribution in [0.3, 0.4) is 0 Å². The highest BCUT2D eigenvalue weighted by Crippen LogP contribution is 2.39. The summed E-state index contributed by atoms with van der Waals surface area (Å²) < 4.78 is 46.5. The van der Waals surface area contributed by atoms with E-state index in [1.807, 2.05) is 24.3 Å². The zero-order valence-corrected chi connectivity index (χ0v) is 18.1. The zero-order chi connectivity index (χ0) is 23.9. The largest absolute Gasteiger partial charge is 0.416 e. The van der Waals surface area contributed by atoms with Crippen molar-refractivity contribution in [3.8, 4) is 0 Å². The molecule has 5 rings (SSSR count). The number of rotatable bonds is 5. The molecular weight excluding hydrogens is 447 g/mol. The smallest absolute Gasteiger partial charge is 0.376 e. The number of hydrogen-bond acceptors (Lipinski definition) is 3. The fourth-order valence-corrected chi connectivity index (χ4v) is 4.43. The average Bonchev–Trinajstić information content (AvgIpc) is 3.51. The van der Waals surface area contributed by atoms with E-state index in [9.17, 15) is 22.8 Å². The van der Waals surface area contributed by atoms with E-state index < -0.39 is 17.6 Å². The third-order valence-corrected chi connectivity index (χ3v) is 6.11. The Balaban J connectivity index is 1.44. The third-order valence-electron chi connectivity index (χ3n) is 6.11. The van der Waals surface area contributed by atoms with Gasteiger partial charge in [-0.1, -0.05) is 24.3 Å². The Bertz CT molecular complexity index is 1300. The number of para-hydroxylation sites is 1. The maximum atomic E-state index is 13.1. The molecule has 1 fully saturated rings. The summed E-state index contributed by atoms with van der Waals surface area (Å²) >= 11 is 0. The van der Waals surface area contributed by atoms with Crippen molar-refractivity contribution in [1.82, 2.24) is 9.88 Å². The number of ether oxygens (including phenoxy) is 1. The lowest BCUT2D eigenvalue weighted by molar-refractivity contribution is -0.137. The molecule has 0 aliphatic carbocycles. The third kappa shape index (κ3) is 4.31. The number of nitrogens with one attached hydrogen (secondary N) is 2. The van der Waals surface area contributed by atoms with Gasteiger partial charge in [0.1, 0.15) is 6.54 Å². The summed E-state index contributed by atoms with van der Waals surface area (Å²) in [5, 5.41) is 6.25. The Kier molecular flexibility index (Phi) is 5.65. The van der Waals surface area contributed by atoms with E-state index in [4.69, 9.17) is 4.74 Å². The lowest BCUT2D eigenvalue weighted by Crippen LogP contribution is -2.34. The van der Waals surface area contributed by atoms with Crippen LogP contribution in [0.4, 0.5) is 18.9 Å². The van der Waals surface area contributed by atoms with Gasteiger partial charge in [-0.2, -0.15) is 13.2 Å². The maximum Gasteiger partial charge on any atom is 0.416 e. The molecule has 0 radical (unpaired) electrons. The van der Waals surface area contributed by atoms with Crippen LogP contribution in [0.15, 0.2) is 48.7 Å². The van der Waals surface area contributed by atoms with Crippen LogP contribution in [0.1, 0.15) is 29.5 Å². The predicted octanol–water partition coefficient (Wildman–Crippen LogP) is 4.45. The van der Waals surface area contributed by atoms with Crippen LogP contribution in [-0.4, -0.2) is 35.6 Å². The molecule has 0 bridgehead atoms. The zero-order valence-electron chi connectivity index (χ0n) is 18.1. The van der Waals surface area contributed by atoms with Gasteiger partial charge in [-0.05, 0) is 37.1 Å². The monoisotopic (exact) mass is 469 g/mol. The minimum atomic E-state index is -4.50. The van der Waals surface area contributed by atoms with Gasteiger partial charge in [0.15, 0.2) is 0 Å². The van der Waals surface area contributed by atoms with Crippen LogP contribution in [0.2, 0.25) is 0 Å². The molecule has 1 unspecified atom stereocenters. The van der Waals surface area contributed by atoms with Gasteiger partial charge >= 0.3 is 6.18 Å². The highest BCUT2D eigenvalue weighted by molar-refractivity contribution is 6.35. The van der Waals surface area contributed by atoms with Crippen molar-refractivity contribution in [2.75, 3.05) is 18.5 Å². The van der Waals surface area contributed by atoms with Gasteiger partial charge in [-0.15, -0.1) is 0 Å². The normalized spacial score (nSPS) is 19.0. The highest BCUT2D eigenvalue weighted by Gasteiger charge is 2.33. The molecule has 0 spiro atoms. The SMILES string of the molecule is O=C(Cn1cc(/C=C2/C(=O)Nc3cc(C(F)(F)F)ccc32)c2ccccc21)NCC1CCCO1. The van der Waals surface area contributed by atoms with Gasteiger partial charge in [0.25, 0.3) is 5.91 Å². The van der Waals surface area contributed by atoms with Gasteiger partial charge in [-0.25, -0.2) is 0 Å². The van der Waals surface area contributed by atoms with E-state index in [-0.39, 0.29) is 29.8 Å². The van der Waals surface area contributed by atoms with Crippen LogP contribution < -0.4 is 10.6 Å². The summed E-state index contributed by atoms with van der Waals surface area (Å²) in [6.07, 6.45) is 0.901. The second-order valence-electron chi connectivity index (χ2n) is 8.44. The number of anilines is 1. The maximum absolute atomic E-state index is 13.1. The number of alkyl halides is 3. The Morgan fingerprint density at radius 3 is 2.82 bits per heavy atom. The van der Waals surface area contributed by atoms with Crippen molar-refractivity contribution in [2.45, 2.75) is 31.7 Å². The van der Waals surface area contributed by atoms with E-state index in [1.54, 1.807) is 16.8 Å². The van der Waals surface area contributed by atoms with Gasteiger partial charge in [0.05, 0.1) is 11.7 Å². The lowest BCUT2D eigenvalue weighted by atomic mass is 10.0. The molecule has 34 heavy (non-hydrogen) atoms. The second-order valence-corrected chi connectivity index (χ2v) is 8.44. The van der Waals surface area contributed by atoms with E-state index in [1.165, 1.54) is 6.07 Å². The van der Waals surface area contributed by atoms with Crippen molar-refractivity contribution >= 4 is 40.1 Å². The van der Waals surface area contributed by atoms with Crippen LogP contribution in [0, 0.1) is 0 Å². The first kappa shape index (κ1) is 22.2. The standard InChI is InChI=1S/C25H22F3N3O3/c26-25(27,28)16-7-8-19-20(24(33)30-21(19)11-16)10-15-13-31(22-6-2-1-5-18(15)22)14-23(32)29-12-17-4-3-9-34-17/h1-2,5-8,10-11,13,17H,3-4,9,12,14H2,(H,29,32)(H,30,33)/b20-10+. The first-order valence-corrected chi connectivity index (χ1v) is 11.0. The molecule has 2 amide bonds. The van der Waals surface area contributed by atoms with E-state index in [0.717, 1.165) is 42.5 Å². The number of fused-ring (bicyclic) bond motifs is 2. The number of carbonyl (C=O) groups excluding carboxylic acids is 2. The number of hydrogen-bond donors (Lipinski definition) is 2. The minimum absolute atomic E-state index is 0.0458. The van der Waals surface area contributed by atoms with Crippen molar-refractivity contribution in [3.05, 3.63) is 65.4 Å². The number of nitrogens with zero attached hydrogens (tertiary/aromatic N) is 1. The molecule has 3 heterocycles. The van der Waals surface area contributed by atoms with Crippen molar-refractivity contribution in [1.29, 1.82) is 0 Å². The summed E-state index contributed by atoms with van der Waals surface area (Å²) in [5.41, 5.74) is 1.49. The Hall–Kier alpha value is -3.59. The highest BCUT2D eigenvalue weighted by atomic mass is 19.4. The molecular formula is C25H22F3N3O3. The molecule has 176 valence electrons.